The third-order valence-electron chi connectivity index (χ3n) is 3.67. The number of carboxylic acid groups (broad SMARTS) is 1. The number of carbonyl (C=O) groups is 3. The molecule has 0 aliphatic rings. The molecule has 25 heavy (non-hydrogen) atoms. The van der Waals surface area contributed by atoms with Gasteiger partial charge in [0.1, 0.15) is 18.7 Å². The summed E-state index contributed by atoms with van der Waals surface area (Å²) in [6.07, 6.45) is -0.728. The van der Waals surface area contributed by atoms with Gasteiger partial charge in [0.15, 0.2) is 0 Å². The highest BCUT2D eigenvalue weighted by Crippen LogP contribution is 2.07. The van der Waals surface area contributed by atoms with Gasteiger partial charge in [-0.25, -0.2) is 9.59 Å². The summed E-state index contributed by atoms with van der Waals surface area (Å²) in [5.74, 6) is -2.17. The summed E-state index contributed by atoms with van der Waals surface area (Å²) in [4.78, 5) is 35.6. The number of aliphatic carboxylic acids is 1. The normalized spacial score (nSPS) is 13.2. The molecular weight excluding hydrogens is 324 g/mol. The van der Waals surface area contributed by atoms with Crippen LogP contribution >= 0.6 is 0 Å². The Balaban J connectivity index is 2.64. The number of amides is 2. The van der Waals surface area contributed by atoms with Crippen molar-refractivity contribution in [2.75, 3.05) is 0 Å². The average Bonchev–Trinajstić information content (AvgIpc) is 2.55. The van der Waals surface area contributed by atoms with Crippen LogP contribution in [0.15, 0.2) is 30.3 Å². The van der Waals surface area contributed by atoms with Crippen LogP contribution in [-0.4, -0.2) is 35.2 Å². The lowest BCUT2D eigenvalue weighted by Crippen LogP contribution is -2.55. The molecule has 1 rings (SSSR count). The molecule has 1 aromatic carbocycles. The molecule has 2 atom stereocenters. The van der Waals surface area contributed by atoms with Crippen molar-refractivity contribution in [3.8, 4) is 0 Å². The van der Waals surface area contributed by atoms with Gasteiger partial charge >= 0.3 is 12.1 Å². The minimum atomic E-state index is -1.11. The molecule has 0 bridgehead atoms. The summed E-state index contributed by atoms with van der Waals surface area (Å²) in [6.45, 7) is 7.00. The van der Waals surface area contributed by atoms with Crippen LogP contribution in [0, 0.1) is 11.8 Å². The van der Waals surface area contributed by atoms with Gasteiger partial charge in [0, 0.05) is 0 Å². The highest BCUT2D eigenvalue weighted by atomic mass is 16.5. The van der Waals surface area contributed by atoms with Crippen LogP contribution in [0.1, 0.15) is 33.3 Å². The lowest BCUT2D eigenvalue weighted by atomic mass is 10.0. The minimum Gasteiger partial charge on any atom is -0.480 e. The van der Waals surface area contributed by atoms with E-state index in [1.807, 2.05) is 30.3 Å². The fraction of sp³-hybridized carbons (Fsp3) is 0.500. The number of carbonyl (C=O) groups excluding carboxylic acids is 2. The largest absolute Gasteiger partial charge is 0.480 e. The molecule has 0 spiro atoms. The maximum atomic E-state index is 12.4. The molecule has 0 unspecified atom stereocenters. The fourth-order valence-electron chi connectivity index (χ4n) is 2.18. The zero-order chi connectivity index (χ0) is 19.0. The Labute approximate surface area is 147 Å². The average molecular weight is 350 g/mol. The predicted octanol–water partition coefficient (Wildman–Crippen LogP) is 2.16. The zero-order valence-electron chi connectivity index (χ0n) is 15.0. The summed E-state index contributed by atoms with van der Waals surface area (Å²) in [5.41, 5.74) is 0.828. The summed E-state index contributed by atoms with van der Waals surface area (Å²) < 4.78 is 5.11. The van der Waals surface area contributed by atoms with Crippen LogP contribution in [0.25, 0.3) is 0 Å². The van der Waals surface area contributed by atoms with Gasteiger partial charge in [-0.1, -0.05) is 58.0 Å². The Morgan fingerprint density at radius 2 is 1.52 bits per heavy atom. The van der Waals surface area contributed by atoms with Gasteiger partial charge in [-0.3, -0.25) is 4.79 Å². The van der Waals surface area contributed by atoms with Crippen molar-refractivity contribution < 1.29 is 24.2 Å². The van der Waals surface area contributed by atoms with Crippen LogP contribution in [0.4, 0.5) is 4.79 Å². The van der Waals surface area contributed by atoms with Crippen LogP contribution in [-0.2, 0) is 20.9 Å². The number of hydrogen-bond acceptors (Lipinski definition) is 4. The van der Waals surface area contributed by atoms with Gasteiger partial charge in [0.05, 0.1) is 0 Å². The van der Waals surface area contributed by atoms with Gasteiger partial charge < -0.3 is 20.5 Å². The molecule has 0 aromatic heterocycles. The first-order valence-electron chi connectivity index (χ1n) is 8.22. The van der Waals surface area contributed by atoms with Crippen molar-refractivity contribution in [2.24, 2.45) is 11.8 Å². The molecule has 7 heteroatoms. The van der Waals surface area contributed by atoms with E-state index in [1.54, 1.807) is 27.7 Å². The van der Waals surface area contributed by atoms with Crippen molar-refractivity contribution in [3.05, 3.63) is 35.9 Å². The third kappa shape index (κ3) is 6.82. The second-order valence-corrected chi connectivity index (χ2v) is 6.50. The zero-order valence-corrected chi connectivity index (χ0v) is 15.0. The topological polar surface area (TPSA) is 105 Å². The smallest absolute Gasteiger partial charge is 0.408 e. The van der Waals surface area contributed by atoms with Crippen LogP contribution in [0.5, 0.6) is 0 Å². The predicted molar refractivity (Wildman–Crippen MR) is 92.8 cm³/mol. The van der Waals surface area contributed by atoms with Gasteiger partial charge in [-0.05, 0) is 17.4 Å². The van der Waals surface area contributed by atoms with E-state index in [1.165, 1.54) is 0 Å². The Morgan fingerprint density at radius 1 is 0.960 bits per heavy atom. The van der Waals surface area contributed by atoms with E-state index in [0.29, 0.717) is 0 Å². The van der Waals surface area contributed by atoms with E-state index in [-0.39, 0.29) is 18.4 Å². The summed E-state index contributed by atoms with van der Waals surface area (Å²) >= 11 is 0. The number of rotatable bonds is 8. The molecule has 0 saturated carbocycles. The van der Waals surface area contributed by atoms with Crippen molar-refractivity contribution in [1.29, 1.82) is 0 Å². The van der Waals surface area contributed by atoms with Crippen molar-refractivity contribution in [2.45, 2.75) is 46.4 Å². The van der Waals surface area contributed by atoms with Crippen molar-refractivity contribution >= 4 is 18.0 Å². The number of ether oxygens (including phenoxy) is 1. The second kappa shape index (κ2) is 9.66. The molecule has 3 N–H and O–H groups in total. The molecule has 0 aliphatic heterocycles. The Bertz CT molecular complexity index is 586. The first-order valence-corrected chi connectivity index (χ1v) is 8.22. The van der Waals surface area contributed by atoms with Crippen molar-refractivity contribution in [1.82, 2.24) is 10.6 Å². The molecule has 2 amide bonds. The van der Waals surface area contributed by atoms with Crippen LogP contribution in [0.3, 0.4) is 0 Å². The van der Waals surface area contributed by atoms with Gasteiger partial charge in [-0.15, -0.1) is 0 Å². The molecule has 0 heterocycles. The standard InChI is InChI=1S/C18H26N2O5/c1-11(2)14(16(21)19-15(12(3)4)17(22)23)20-18(24)25-10-13-8-6-5-7-9-13/h5-9,11-12,14-15H,10H2,1-4H3,(H,19,21)(H,20,24)(H,22,23)/t14-,15-/m0/s1. The second-order valence-electron chi connectivity index (χ2n) is 6.50. The maximum Gasteiger partial charge on any atom is 0.408 e. The Hall–Kier alpha value is -2.57. The quantitative estimate of drug-likeness (QED) is 0.666. The van der Waals surface area contributed by atoms with E-state index in [0.717, 1.165) is 5.56 Å². The van der Waals surface area contributed by atoms with E-state index in [9.17, 15) is 19.5 Å². The van der Waals surface area contributed by atoms with Gasteiger partial charge in [-0.2, -0.15) is 0 Å². The molecule has 1 aromatic rings. The summed E-state index contributed by atoms with van der Waals surface area (Å²) in [6, 6.07) is 7.26. The monoisotopic (exact) mass is 350 g/mol. The summed E-state index contributed by atoms with van der Waals surface area (Å²) in [5, 5.41) is 14.1. The lowest BCUT2D eigenvalue weighted by molar-refractivity contribution is -0.143. The Kier molecular flexibility index (Phi) is 7.91. The molecule has 0 fully saturated rings. The molecular formula is C18H26N2O5. The number of hydrogen-bond donors (Lipinski definition) is 3. The highest BCUT2D eigenvalue weighted by Gasteiger charge is 2.30. The first-order chi connectivity index (χ1) is 11.7. The first kappa shape index (κ1) is 20.5. The molecule has 138 valence electrons. The highest BCUT2D eigenvalue weighted by molar-refractivity contribution is 5.89. The maximum absolute atomic E-state index is 12.4. The van der Waals surface area contributed by atoms with Gasteiger partial charge in [0.2, 0.25) is 5.91 Å². The number of benzene rings is 1. The fourth-order valence-corrected chi connectivity index (χ4v) is 2.18. The van der Waals surface area contributed by atoms with E-state index in [4.69, 9.17) is 4.74 Å². The third-order valence-corrected chi connectivity index (χ3v) is 3.67. The van der Waals surface area contributed by atoms with Gasteiger partial charge in [0.25, 0.3) is 0 Å². The van der Waals surface area contributed by atoms with E-state index < -0.39 is 30.1 Å². The van der Waals surface area contributed by atoms with E-state index >= 15 is 0 Å². The number of alkyl carbamates (subject to hydrolysis) is 1. The molecule has 0 radical (unpaired) electrons. The van der Waals surface area contributed by atoms with Crippen LogP contribution in [0.2, 0.25) is 0 Å². The lowest BCUT2D eigenvalue weighted by Gasteiger charge is -2.25. The molecule has 7 nitrogen and oxygen atoms in total. The molecule has 0 aliphatic carbocycles. The molecule has 0 saturated heterocycles. The summed E-state index contributed by atoms with van der Waals surface area (Å²) in [7, 11) is 0. The number of nitrogens with one attached hydrogen (secondary N) is 2. The SMILES string of the molecule is CC(C)[C@H](NC(=O)[C@@H](NC(=O)OCc1ccccc1)C(C)C)C(=O)O. The van der Waals surface area contributed by atoms with E-state index in [2.05, 4.69) is 10.6 Å². The van der Waals surface area contributed by atoms with Crippen molar-refractivity contribution in [3.63, 3.8) is 0 Å². The minimum absolute atomic E-state index is 0.0862. The number of carboxylic acids is 1. The van der Waals surface area contributed by atoms with Crippen LogP contribution < -0.4 is 10.6 Å². The Morgan fingerprint density at radius 3 is 2.00 bits per heavy atom.